The Kier molecular flexibility index (Phi) is 4.77. The number of likely N-dealkylation sites (N-methyl/N-ethyl adjacent to an activating group) is 1. The van der Waals surface area contributed by atoms with Gasteiger partial charge in [-0.15, -0.1) is 0 Å². The van der Waals surface area contributed by atoms with Gasteiger partial charge >= 0.3 is 0 Å². The van der Waals surface area contributed by atoms with Crippen LogP contribution in [0.15, 0.2) is 47.1 Å². The van der Waals surface area contributed by atoms with E-state index in [0.717, 1.165) is 18.8 Å². The van der Waals surface area contributed by atoms with Crippen LogP contribution in [0.2, 0.25) is 0 Å². The molecule has 3 nitrogen and oxygen atoms in total. The molecule has 1 N–H and O–H groups in total. The maximum absolute atomic E-state index is 5.49. The Morgan fingerprint density at radius 3 is 2.47 bits per heavy atom. The molecule has 19 heavy (non-hydrogen) atoms. The molecule has 102 valence electrons. The molecular weight excluding hydrogens is 236 g/mol. The first kappa shape index (κ1) is 13.8. The second-order valence-electron chi connectivity index (χ2n) is 5.11. The summed E-state index contributed by atoms with van der Waals surface area (Å²) in [7, 11) is 4.14. The van der Waals surface area contributed by atoms with Crippen molar-refractivity contribution in [3.63, 3.8) is 0 Å². The van der Waals surface area contributed by atoms with E-state index < -0.39 is 0 Å². The summed E-state index contributed by atoms with van der Waals surface area (Å²) < 4.78 is 5.49. The zero-order valence-corrected chi connectivity index (χ0v) is 11.9. The van der Waals surface area contributed by atoms with Gasteiger partial charge in [0.2, 0.25) is 0 Å². The molecule has 1 aromatic heterocycles. The average molecular weight is 258 g/mol. The van der Waals surface area contributed by atoms with Crippen molar-refractivity contribution in [1.82, 2.24) is 10.2 Å². The number of hydrogen-bond acceptors (Lipinski definition) is 3. The SMILES string of the molecule is Cc1ccc(CNCC(c2ccco2)N(C)C)cc1. The van der Waals surface area contributed by atoms with E-state index in [4.69, 9.17) is 4.42 Å². The van der Waals surface area contributed by atoms with E-state index in [1.165, 1.54) is 11.1 Å². The molecule has 1 atom stereocenters. The summed E-state index contributed by atoms with van der Waals surface area (Å²) in [5, 5.41) is 3.49. The highest BCUT2D eigenvalue weighted by molar-refractivity contribution is 5.21. The second-order valence-corrected chi connectivity index (χ2v) is 5.11. The van der Waals surface area contributed by atoms with Crippen molar-refractivity contribution in [2.24, 2.45) is 0 Å². The average Bonchev–Trinajstić information content (AvgIpc) is 2.90. The highest BCUT2D eigenvalue weighted by Crippen LogP contribution is 2.17. The zero-order valence-electron chi connectivity index (χ0n) is 11.9. The Hall–Kier alpha value is -1.58. The van der Waals surface area contributed by atoms with E-state index in [9.17, 15) is 0 Å². The fourth-order valence-corrected chi connectivity index (χ4v) is 2.08. The van der Waals surface area contributed by atoms with Gasteiger partial charge in [-0.2, -0.15) is 0 Å². The van der Waals surface area contributed by atoms with Crippen molar-refractivity contribution in [3.05, 3.63) is 59.5 Å². The lowest BCUT2D eigenvalue weighted by molar-refractivity contribution is 0.250. The van der Waals surface area contributed by atoms with Gasteiger partial charge in [-0.05, 0) is 38.7 Å². The van der Waals surface area contributed by atoms with Crippen LogP contribution in [0.25, 0.3) is 0 Å². The molecule has 0 spiro atoms. The van der Waals surface area contributed by atoms with Crippen LogP contribution in [0.1, 0.15) is 22.9 Å². The first-order chi connectivity index (χ1) is 9.16. The van der Waals surface area contributed by atoms with Crippen LogP contribution in [-0.4, -0.2) is 25.5 Å². The lowest BCUT2D eigenvalue weighted by Gasteiger charge is -2.22. The number of nitrogens with zero attached hydrogens (tertiary/aromatic N) is 1. The third-order valence-corrected chi connectivity index (χ3v) is 3.28. The van der Waals surface area contributed by atoms with E-state index in [1.807, 2.05) is 12.1 Å². The topological polar surface area (TPSA) is 28.4 Å². The summed E-state index contributed by atoms with van der Waals surface area (Å²) in [6.07, 6.45) is 1.73. The Balaban J connectivity index is 1.88. The van der Waals surface area contributed by atoms with Crippen molar-refractivity contribution in [2.75, 3.05) is 20.6 Å². The van der Waals surface area contributed by atoms with Crippen molar-refractivity contribution in [1.29, 1.82) is 0 Å². The predicted octanol–water partition coefficient (Wildman–Crippen LogP) is 2.98. The van der Waals surface area contributed by atoms with Crippen molar-refractivity contribution in [2.45, 2.75) is 19.5 Å². The molecule has 0 aliphatic heterocycles. The van der Waals surface area contributed by atoms with Gasteiger partial charge in [0.25, 0.3) is 0 Å². The van der Waals surface area contributed by atoms with E-state index in [-0.39, 0.29) is 6.04 Å². The first-order valence-electron chi connectivity index (χ1n) is 6.63. The number of nitrogens with one attached hydrogen (secondary N) is 1. The van der Waals surface area contributed by atoms with Gasteiger partial charge < -0.3 is 9.73 Å². The van der Waals surface area contributed by atoms with Crippen LogP contribution in [0.5, 0.6) is 0 Å². The van der Waals surface area contributed by atoms with Crippen LogP contribution in [0.4, 0.5) is 0 Å². The Bertz CT molecular complexity index is 474. The molecule has 0 aliphatic carbocycles. The third kappa shape index (κ3) is 3.94. The Labute approximate surface area is 115 Å². The fraction of sp³-hybridized carbons (Fsp3) is 0.375. The molecule has 0 saturated carbocycles. The first-order valence-corrected chi connectivity index (χ1v) is 6.63. The molecular formula is C16H22N2O. The maximum atomic E-state index is 5.49. The number of furan rings is 1. The molecule has 2 rings (SSSR count). The molecule has 3 heteroatoms. The summed E-state index contributed by atoms with van der Waals surface area (Å²) in [6.45, 7) is 3.86. The Morgan fingerprint density at radius 2 is 1.89 bits per heavy atom. The van der Waals surface area contributed by atoms with E-state index in [2.05, 4.69) is 55.5 Å². The largest absolute Gasteiger partial charge is 0.468 e. The molecule has 0 bridgehead atoms. The van der Waals surface area contributed by atoms with Gasteiger partial charge in [0.15, 0.2) is 0 Å². The van der Waals surface area contributed by atoms with Crippen LogP contribution in [0.3, 0.4) is 0 Å². The summed E-state index contributed by atoms with van der Waals surface area (Å²) >= 11 is 0. The maximum Gasteiger partial charge on any atom is 0.122 e. The lowest BCUT2D eigenvalue weighted by atomic mass is 10.1. The van der Waals surface area contributed by atoms with Crippen LogP contribution >= 0.6 is 0 Å². The standard InChI is InChI=1S/C16H22N2O/c1-13-6-8-14(9-7-13)11-17-12-15(18(2)3)16-5-4-10-19-16/h4-10,15,17H,11-12H2,1-3H3. The lowest BCUT2D eigenvalue weighted by Crippen LogP contribution is -2.30. The van der Waals surface area contributed by atoms with Crippen molar-refractivity contribution < 1.29 is 4.42 Å². The quantitative estimate of drug-likeness (QED) is 0.863. The van der Waals surface area contributed by atoms with Gasteiger partial charge in [-0.1, -0.05) is 29.8 Å². The molecule has 1 aromatic carbocycles. The van der Waals surface area contributed by atoms with Gasteiger partial charge in [0.05, 0.1) is 12.3 Å². The number of rotatable bonds is 6. The second kappa shape index (κ2) is 6.55. The fourth-order valence-electron chi connectivity index (χ4n) is 2.08. The van der Waals surface area contributed by atoms with Crippen LogP contribution in [-0.2, 0) is 6.54 Å². The van der Waals surface area contributed by atoms with Gasteiger partial charge in [0, 0.05) is 13.1 Å². The minimum Gasteiger partial charge on any atom is -0.468 e. The smallest absolute Gasteiger partial charge is 0.122 e. The minimum absolute atomic E-state index is 0.264. The molecule has 0 radical (unpaired) electrons. The molecule has 2 aromatic rings. The molecule has 0 saturated heterocycles. The highest BCUT2D eigenvalue weighted by Gasteiger charge is 2.15. The molecule has 0 fully saturated rings. The molecule has 1 unspecified atom stereocenters. The normalized spacial score (nSPS) is 12.8. The van der Waals surface area contributed by atoms with Crippen LogP contribution in [0, 0.1) is 6.92 Å². The van der Waals surface area contributed by atoms with E-state index in [0.29, 0.717) is 0 Å². The minimum atomic E-state index is 0.264. The summed E-state index contributed by atoms with van der Waals surface area (Å²) in [6, 6.07) is 12.9. The monoisotopic (exact) mass is 258 g/mol. The zero-order chi connectivity index (χ0) is 13.7. The Morgan fingerprint density at radius 1 is 1.16 bits per heavy atom. The predicted molar refractivity (Wildman–Crippen MR) is 78.0 cm³/mol. The molecule has 1 heterocycles. The summed E-state index contributed by atoms with van der Waals surface area (Å²) in [5.74, 6) is 1.00. The van der Waals surface area contributed by atoms with Crippen molar-refractivity contribution in [3.8, 4) is 0 Å². The third-order valence-electron chi connectivity index (χ3n) is 3.28. The van der Waals surface area contributed by atoms with Crippen LogP contribution < -0.4 is 5.32 Å². The van der Waals surface area contributed by atoms with Gasteiger partial charge in [-0.25, -0.2) is 0 Å². The van der Waals surface area contributed by atoms with E-state index >= 15 is 0 Å². The summed E-state index contributed by atoms with van der Waals surface area (Å²) in [4.78, 5) is 2.17. The van der Waals surface area contributed by atoms with Gasteiger partial charge in [0.1, 0.15) is 5.76 Å². The number of benzene rings is 1. The number of aryl methyl sites for hydroxylation is 1. The van der Waals surface area contributed by atoms with Crippen molar-refractivity contribution >= 4 is 0 Å². The molecule has 0 aliphatic rings. The number of hydrogen-bond donors (Lipinski definition) is 1. The molecule has 0 amide bonds. The van der Waals surface area contributed by atoms with Gasteiger partial charge in [-0.3, -0.25) is 4.90 Å². The van der Waals surface area contributed by atoms with E-state index in [1.54, 1.807) is 6.26 Å². The highest BCUT2D eigenvalue weighted by atomic mass is 16.3. The summed E-state index contributed by atoms with van der Waals surface area (Å²) in [5.41, 5.74) is 2.60.